The van der Waals surface area contributed by atoms with E-state index in [4.69, 9.17) is 20.8 Å². The van der Waals surface area contributed by atoms with E-state index in [-0.39, 0.29) is 0 Å². The van der Waals surface area contributed by atoms with Crippen molar-refractivity contribution in [2.24, 2.45) is 9.98 Å². The second kappa shape index (κ2) is 10.6. The maximum atomic E-state index is 9.15. The fraction of sp³-hybridized carbons (Fsp3) is 0.833. The topological polar surface area (TPSA) is 121 Å². The van der Waals surface area contributed by atoms with Gasteiger partial charge in [-0.1, -0.05) is 51.9 Å². The molecule has 190 valence electrons. The van der Waals surface area contributed by atoms with E-state index >= 15 is 0 Å². The van der Waals surface area contributed by atoms with Gasteiger partial charge in [0.25, 0.3) is 5.66 Å². The van der Waals surface area contributed by atoms with Crippen molar-refractivity contribution in [3.8, 4) is 0 Å². The van der Waals surface area contributed by atoms with E-state index in [9.17, 15) is 0 Å². The zero-order valence-electron chi connectivity index (χ0n) is 21.3. The standard InChI is InChI=1S/C24H46N10/c1-3-4-5-6-7-8-9-10-11-24(2,33(18-16-27-20(33)25)22-29-12-13-30-22)34(19-17-28-21(34)26)23-31-14-15-32-23/h3-19H2,1-2H3,(H2,25,27)(H2,26,28)(H,29,30)(H,31,32)/q+2. The van der Waals surface area contributed by atoms with Gasteiger partial charge >= 0.3 is 23.8 Å². The summed E-state index contributed by atoms with van der Waals surface area (Å²) >= 11 is 0. The Balaban J connectivity index is 1.66. The summed E-state index contributed by atoms with van der Waals surface area (Å²) in [7, 11) is 0. The number of quaternary nitrogens is 2. The van der Waals surface area contributed by atoms with E-state index in [2.05, 4.69) is 35.1 Å². The molecule has 0 bridgehead atoms. The number of aliphatic imine (C=N–C) groups is 2. The van der Waals surface area contributed by atoms with Crippen LogP contribution in [0.15, 0.2) is 9.98 Å². The van der Waals surface area contributed by atoms with Crippen molar-refractivity contribution in [1.29, 1.82) is 10.8 Å². The molecule has 10 heteroatoms. The summed E-state index contributed by atoms with van der Waals surface area (Å²) in [6.45, 7) is 10.7. The van der Waals surface area contributed by atoms with Crippen molar-refractivity contribution in [2.75, 3.05) is 52.4 Å². The van der Waals surface area contributed by atoms with Crippen molar-refractivity contribution >= 4 is 23.8 Å². The van der Waals surface area contributed by atoms with E-state index < -0.39 is 5.66 Å². The predicted molar refractivity (Wildman–Crippen MR) is 138 cm³/mol. The Kier molecular flexibility index (Phi) is 7.77. The molecule has 0 aromatic rings. The summed E-state index contributed by atoms with van der Waals surface area (Å²) in [6, 6.07) is 0. The van der Waals surface area contributed by atoms with Gasteiger partial charge in [-0.05, 0) is 6.42 Å². The van der Waals surface area contributed by atoms with Crippen LogP contribution in [0.2, 0.25) is 0 Å². The minimum atomic E-state index is -0.518. The highest BCUT2D eigenvalue weighted by Crippen LogP contribution is 2.43. The van der Waals surface area contributed by atoms with Gasteiger partial charge in [-0.3, -0.25) is 0 Å². The summed E-state index contributed by atoms with van der Waals surface area (Å²) < 4.78 is 0.683. The van der Waals surface area contributed by atoms with E-state index in [1.165, 1.54) is 44.9 Å². The molecule has 2 unspecified atom stereocenters. The van der Waals surface area contributed by atoms with Crippen LogP contribution in [-0.4, -0.2) is 90.8 Å². The first-order valence-corrected chi connectivity index (χ1v) is 13.5. The van der Waals surface area contributed by atoms with Crippen LogP contribution < -0.4 is 21.3 Å². The van der Waals surface area contributed by atoms with Crippen molar-refractivity contribution in [3.63, 3.8) is 0 Å². The molecule has 0 amide bonds. The molecule has 4 aliphatic rings. The molecule has 0 spiro atoms. The van der Waals surface area contributed by atoms with Crippen molar-refractivity contribution in [1.82, 2.24) is 21.3 Å². The van der Waals surface area contributed by atoms with Crippen LogP contribution in [0.25, 0.3) is 0 Å². The average molecular weight is 475 g/mol. The molecule has 0 aliphatic carbocycles. The molecule has 0 radical (unpaired) electrons. The Morgan fingerprint density at radius 2 is 1.18 bits per heavy atom. The first-order valence-electron chi connectivity index (χ1n) is 13.5. The van der Waals surface area contributed by atoms with Crippen LogP contribution in [0.4, 0.5) is 0 Å². The third-order valence-corrected chi connectivity index (χ3v) is 8.43. The fourth-order valence-electron chi connectivity index (χ4n) is 6.57. The molecule has 2 saturated heterocycles. The van der Waals surface area contributed by atoms with E-state index in [1.54, 1.807) is 0 Å². The van der Waals surface area contributed by atoms with Gasteiger partial charge in [0.1, 0.15) is 13.1 Å². The molecular weight excluding hydrogens is 428 g/mol. The highest BCUT2D eigenvalue weighted by Gasteiger charge is 2.73. The molecule has 0 aromatic carbocycles. The second-order valence-corrected chi connectivity index (χ2v) is 10.3. The maximum absolute atomic E-state index is 9.15. The lowest BCUT2D eigenvalue weighted by Gasteiger charge is -2.53. The lowest BCUT2D eigenvalue weighted by molar-refractivity contribution is -1.01. The normalized spacial score (nSPS) is 30.3. The fourth-order valence-corrected chi connectivity index (χ4v) is 6.57. The van der Waals surface area contributed by atoms with E-state index in [0.717, 1.165) is 77.1 Å². The van der Waals surface area contributed by atoms with Crippen LogP contribution in [0.3, 0.4) is 0 Å². The van der Waals surface area contributed by atoms with Crippen LogP contribution in [-0.2, 0) is 0 Å². The van der Waals surface area contributed by atoms with Crippen LogP contribution in [0.1, 0.15) is 71.6 Å². The molecule has 0 saturated carbocycles. The quantitative estimate of drug-likeness (QED) is 0.202. The summed E-state index contributed by atoms with van der Waals surface area (Å²) in [6.07, 6.45) is 11.0. The molecule has 4 rings (SSSR count). The minimum absolute atomic E-state index is 0.342. The zero-order chi connectivity index (χ0) is 24.1. The first-order chi connectivity index (χ1) is 16.5. The largest absolute Gasteiger partial charge is 0.322 e. The predicted octanol–water partition coefficient (Wildman–Crippen LogP) is 1.86. The van der Waals surface area contributed by atoms with Crippen molar-refractivity contribution in [2.45, 2.75) is 77.3 Å². The van der Waals surface area contributed by atoms with Gasteiger partial charge < -0.3 is 21.3 Å². The monoisotopic (exact) mass is 474 g/mol. The van der Waals surface area contributed by atoms with Gasteiger partial charge in [0.15, 0.2) is 0 Å². The van der Waals surface area contributed by atoms with Gasteiger partial charge in [-0.2, -0.15) is 0 Å². The Labute approximate surface area is 204 Å². The van der Waals surface area contributed by atoms with Crippen molar-refractivity contribution in [3.05, 3.63) is 0 Å². The number of nitrogens with zero attached hydrogens (tertiary/aromatic N) is 4. The number of nitrogens with one attached hydrogen (secondary N) is 6. The Bertz CT molecular complexity index is 767. The number of guanidine groups is 4. The third kappa shape index (κ3) is 3.98. The van der Waals surface area contributed by atoms with E-state index in [0.29, 0.717) is 20.9 Å². The van der Waals surface area contributed by atoms with Crippen molar-refractivity contribution < 1.29 is 8.97 Å². The molecule has 34 heavy (non-hydrogen) atoms. The van der Waals surface area contributed by atoms with Gasteiger partial charge in [0.2, 0.25) is 0 Å². The molecule has 0 aromatic heterocycles. The summed E-state index contributed by atoms with van der Waals surface area (Å²) in [5.74, 6) is 2.75. The van der Waals surface area contributed by atoms with Crippen LogP contribution >= 0.6 is 0 Å². The minimum Gasteiger partial charge on any atom is -0.322 e. The number of hydrogen-bond donors (Lipinski definition) is 6. The molecule has 2 fully saturated rings. The average Bonchev–Trinajstić information content (AvgIpc) is 3.63. The number of unbranched alkanes of at least 4 members (excludes halogenated alkanes) is 7. The van der Waals surface area contributed by atoms with Crippen LogP contribution in [0.5, 0.6) is 0 Å². The summed E-state index contributed by atoms with van der Waals surface area (Å²) in [4.78, 5) is 9.77. The van der Waals surface area contributed by atoms with Gasteiger partial charge in [0, 0.05) is 20.0 Å². The lowest BCUT2D eigenvalue weighted by Crippen LogP contribution is -2.84. The van der Waals surface area contributed by atoms with Crippen LogP contribution in [0, 0.1) is 10.8 Å². The Hall–Kier alpha value is -2.20. The zero-order valence-corrected chi connectivity index (χ0v) is 21.3. The lowest BCUT2D eigenvalue weighted by atomic mass is 9.93. The summed E-state index contributed by atoms with van der Waals surface area (Å²) in [5.41, 5.74) is -0.518. The smallest absolute Gasteiger partial charge is 0.310 e. The first kappa shape index (κ1) is 24.9. The molecule has 4 heterocycles. The highest BCUT2D eigenvalue weighted by molar-refractivity contribution is 5.92. The molecule has 2 atom stereocenters. The maximum Gasteiger partial charge on any atom is 0.310 e. The van der Waals surface area contributed by atoms with Gasteiger partial charge in [-0.25, -0.2) is 20.8 Å². The highest BCUT2D eigenvalue weighted by atomic mass is 15.7. The molecule has 10 nitrogen and oxygen atoms in total. The van der Waals surface area contributed by atoms with Gasteiger partial charge in [-0.15, -0.1) is 8.97 Å². The molecule has 4 aliphatic heterocycles. The molecule has 6 N–H and O–H groups in total. The number of rotatable bonds is 11. The Morgan fingerprint density at radius 3 is 1.56 bits per heavy atom. The number of hydrogen-bond acceptors (Lipinski definition) is 6. The second-order valence-electron chi connectivity index (χ2n) is 10.3. The molecular formula is C24H46N10+2. The SMILES string of the molecule is CCCCCCCCCCC(C)([N+]1(C2=NCCN2)CCNC1=N)[N+]1(C2=NCCN2)CCNC1=N. The summed E-state index contributed by atoms with van der Waals surface area (Å²) in [5, 5.41) is 32.1. The third-order valence-electron chi connectivity index (χ3n) is 8.43. The Morgan fingerprint density at radius 1 is 0.706 bits per heavy atom. The van der Waals surface area contributed by atoms with E-state index in [1.807, 2.05) is 0 Å². The van der Waals surface area contributed by atoms with Gasteiger partial charge in [0.05, 0.1) is 32.6 Å².